The fourth-order valence-electron chi connectivity index (χ4n) is 3.05. The molecule has 0 radical (unpaired) electrons. The summed E-state index contributed by atoms with van der Waals surface area (Å²) in [6.07, 6.45) is 4.47. The summed E-state index contributed by atoms with van der Waals surface area (Å²) in [5.41, 5.74) is 0. The van der Waals surface area contributed by atoms with E-state index in [1.165, 1.54) is 0 Å². The minimum absolute atomic E-state index is 0.0800. The van der Waals surface area contributed by atoms with E-state index < -0.39 is 0 Å². The molecule has 0 saturated heterocycles. The van der Waals surface area contributed by atoms with E-state index in [1.54, 1.807) is 18.2 Å². The Morgan fingerprint density at radius 2 is 1.88 bits per heavy atom. The molecule has 3 rings (SSSR count). The summed E-state index contributed by atoms with van der Waals surface area (Å²) in [5.74, 6) is 2.16. The Bertz CT molecular complexity index is 613. The van der Waals surface area contributed by atoms with Gasteiger partial charge in [-0.1, -0.05) is 12.8 Å². The van der Waals surface area contributed by atoms with Gasteiger partial charge in [-0.25, -0.2) is 0 Å². The van der Waals surface area contributed by atoms with E-state index in [9.17, 15) is 9.59 Å². The zero-order chi connectivity index (χ0) is 17.5. The van der Waals surface area contributed by atoms with Crippen LogP contribution in [0.5, 0.6) is 17.2 Å². The van der Waals surface area contributed by atoms with Crippen molar-refractivity contribution < 1.29 is 23.8 Å². The Balaban J connectivity index is 1.26. The molecule has 2 aliphatic rings. The Labute approximate surface area is 147 Å². The zero-order valence-corrected chi connectivity index (χ0v) is 14.2. The molecule has 1 aliphatic heterocycles. The summed E-state index contributed by atoms with van der Waals surface area (Å²) in [6.45, 7) is 1.37. The lowest BCUT2D eigenvalue weighted by Crippen LogP contribution is -2.34. The molecule has 2 N–H and O–H groups in total. The van der Waals surface area contributed by atoms with Gasteiger partial charge in [0.25, 0.3) is 0 Å². The van der Waals surface area contributed by atoms with E-state index in [0.717, 1.165) is 25.7 Å². The van der Waals surface area contributed by atoms with Crippen LogP contribution in [0, 0.1) is 5.92 Å². The third-order valence-corrected chi connectivity index (χ3v) is 4.41. The molecule has 1 saturated carbocycles. The fraction of sp³-hybridized carbons (Fsp3) is 0.556. The third-order valence-electron chi connectivity index (χ3n) is 4.41. The molecule has 0 atom stereocenters. The van der Waals surface area contributed by atoms with Crippen LogP contribution >= 0.6 is 0 Å². The van der Waals surface area contributed by atoms with Gasteiger partial charge in [0.05, 0.1) is 6.54 Å². The van der Waals surface area contributed by atoms with Gasteiger partial charge in [0.2, 0.25) is 18.6 Å². The number of fused-ring (bicyclic) bond motifs is 1. The van der Waals surface area contributed by atoms with Crippen LogP contribution in [0.1, 0.15) is 32.1 Å². The molecule has 1 aromatic rings. The second-order valence-electron chi connectivity index (χ2n) is 6.24. The minimum atomic E-state index is -0.0963. The molecule has 136 valence electrons. The molecule has 0 bridgehead atoms. The summed E-state index contributed by atoms with van der Waals surface area (Å²) >= 11 is 0. The summed E-state index contributed by atoms with van der Waals surface area (Å²) in [6, 6.07) is 5.36. The van der Waals surface area contributed by atoms with E-state index >= 15 is 0 Å². The third kappa shape index (κ3) is 5.01. The maximum absolute atomic E-state index is 11.8. The first-order chi connectivity index (χ1) is 12.2. The predicted molar refractivity (Wildman–Crippen MR) is 90.7 cm³/mol. The first-order valence-electron chi connectivity index (χ1n) is 8.79. The van der Waals surface area contributed by atoms with Gasteiger partial charge in [-0.15, -0.1) is 0 Å². The molecule has 7 nitrogen and oxygen atoms in total. The van der Waals surface area contributed by atoms with Gasteiger partial charge in [-0.05, 0) is 25.0 Å². The van der Waals surface area contributed by atoms with Gasteiger partial charge in [0, 0.05) is 24.9 Å². The molecule has 1 fully saturated rings. The smallest absolute Gasteiger partial charge is 0.231 e. The fourth-order valence-corrected chi connectivity index (χ4v) is 3.05. The first kappa shape index (κ1) is 17.4. The van der Waals surface area contributed by atoms with Crippen molar-refractivity contribution >= 4 is 11.8 Å². The van der Waals surface area contributed by atoms with Crippen LogP contribution in [0.25, 0.3) is 0 Å². The standard InChI is InChI=1S/C18H24N2O5/c21-17(7-8-20-18(22)13-3-1-2-4-13)19-9-10-23-14-5-6-15-16(11-14)25-12-24-15/h5-6,11,13H,1-4,7-10,12H2,(H,19,21)(H,20,22). The van der Waals surface area contributed by atoms with Crippen molar-refractivity contribution in [2.75, 3.05) is 26.5 Å². The number of hydrogen-bond acceptors (Lipinski definition) is 5. The lowest BCUT2D eigenvalue weighted by atomic mass is 10.1. The monoisotopic (exact) mass is 348 g/mol. The highest BCUT2D eigenvalue weighted by Gasteiger charge is 2.22. The van der Waals surface area contributed by atoms with Crippen LogP contribution in [0.3, 0.4) is 0 Å². The number of carbonyl (C=O) groups is 2. The summed E-state index contributed by atoms with van der Waals surface area (Å²) in [5, 5.41) is 5.62. The van der Waals surface area contributed by atoms with Crippen molar-refractivity contribution in [3.05, 3.63) is 18.2 Å². The van der Waals surface area contributed by atoms with Crippen LogP contribution in [0.15, 0.2) is 18.2 Å². The average Bonchev–Trinajstić information content (AvgIpc) is 3.29. The van der Waals surface area contributed by atoms with Gasteiger partial charge in [0.1, 0.15) is 12.4 Å². The second-order valence-corrected chi connectivity index (χ2v) is 6.24. The molecule has 1 heterocycles. The van der Waals surface area contributed by atoms with E-state index in [4.69, 9.17) is 14.2 Å². The van der Waals surface area contributed by atoms with Gasteiger partial charge in [0.15, 0.2) is 11.5 Å². The molecule has 0 aromatic heterocycles. The summed E-state index contributed by atoms with van der Waals surface area (Å²) in [7, 11) is 0. The Hall–Kier alpha value is -2.44. The number of hydrogen-bond donors (Lipinski definition) is 2. The normalized spacial score (nSPS) is 15.8. The number of benzene rings is 1. The summed E-state index contributed by atoms with van der Waals surface area (Å²) in [4.78, 5) is 23.6. The highest BCUT2D eigenvalue weighted by atomic mass is 16.7. The topological polar surface area (TPSA) is 85.9 Å². The lowest BCUT2D eigenvalue weighted by Gasteiger charge is -2.11. The molecule has 1 aromatic carbocycles. The molecular formula is C18H24N2O5. The molecule has 1 aliphatic carbocycles. The predicted octanol–water partition coefficient (Wildman–Crippen LogP) is 1.61. The van der Waals surface area contributed by atoms with Crippen LogP contribution in [0.4, 0.5) is 0 Å². The Morgan fingerprint density at radius 1 is 1.08 bits per heavy atom. The van der Waals surface area contributed by atoms with Crippen molar-refractivity contribution in [2.24, 2.45) is 5.92 Å². The number of amides is 2. The number of nitrogens with one attached hydrogen (secondary N) is 2. The van der Waals surface area contributed by atoms with Crippen molar-refractivity contribution in [3.63, 3.8) is 0 Å². The van der Waals surface area contributed by atoms with Crippen LogP contribution < -0.4 is 24.8 Å². The SMILES string of the molecule is O=C(CCNC(=O)C1CCCC1)NCCOc1ccc2c(c1)OCO2. The quantitative estimate of drug-likeness (QED) is 0.697. The minimum Gasteiger partial charge on any atom is -0.492 e. The number of ether oxygens (including phenoxy) is 3. The van der Waals surface area contributed by atoms with Crippen LogP contribution in [0.2, 0.25) is 0 Å². The van der Waals surface area contributed by atoms with Crippen molar-refractivity contribution in [2.45, 2.75) is 32.1 Å². The van der Waals surface area contributed by atoms with Gasteiger partial charge in [-0.2, -0.15) is 0 Å². The van der Waals surface area contributed by atoms with E-state index in [0.29, 0.717) is 36.9 Å². The number of carbonyl (C=O) groups excluding carboxylic acids is 2. The highest BCUT2D eigenvalue weighted by molar-refractivity contribution is 5.80. The maximum Gasteiger partial charge on any atom is 0.231 e. The van der Waals surface area contributed by atoms with E-state index in [2.05, 4.69) is 10.6 Å². The van der Waals surface area contributed by atoms with Crippen molar-refractivity contribution in [3.8, 4) is 17.2 Å². The Morgan fingerprint density at radius 3 is 2.72 bits per heavy atom. The molecule has 2 amide bonds. The van der Waals surface area contributed by atoms with Crippen molar-refractivity contribution in [1.82, 2.24) is 10.6 Å². The zero-order valence-electron chi connectivity index (χ0n) is 14.2. The van der Waals surface area contributed by atoms with E-state index in [-0.39, 0.29) is 30.9 Å². The number of rotatable bonds is 8. The highest BCUT2D eigenvalue weighted by Crippen LogP contribution is 2.34. The summed E-state index contributed by atoms with van der Waals surface area (Å²) < 4.78 is 16.1. The van der Waals surface area contributed by atoms with Gasteiger partial charge in [-0.3, -0.25) is 9.59 Å². The van der Waals surface area contributed by atoms with Gasteiger partial charge < -0.3 is 24.8 Å². The van der Waals surface area contributed by atoms with Crippen LogP contribution in [-0.2, 0) is 9.59 Å². The molecule has 7 heteroatoms. The lowest BCUT2D eigenvalue weighted by molar-refractivity contribution is -0.125. The largest absolute Gasteiger partial charge is 0.492 e. The maximum atomic E-state index is 11.8. The first-order valence-corrected chi connectivity index (χ1v) is 8.79. The molecule has 25 heavy (non-hydrogen) atoms. The van der Waals surface area contributed by atoms with E-state index in [1.807, 2.05) is 0 Å². The molecule has 0 spiro atoms. The molecule has 0 unspecified atom stereocenters. The second kappa shape index (κ2) is 8.60. The molecular weight excluding hydrogens is 324 g/mol. The average molecular weight is 348 g/mol. The van der Waals surface area contributed by atoms with Gasteiger partial charge >= 0.3 is 0 Å². The van der Waals surface area contributed by atoms with Crippen molar-refractivity contribution in [1.29, 1.82) is 0 Å². The Kier molecular flexibility index (Phi) is 5.98. The van der Waals surface area contributed by atoms with Crippen LogP contribution in [-0.4, -0.2) is 38.3 Å².